The molecule has 0 aromatic heterocycles. The minimum atomic E-state index is -0.888. The summed E-state index contributed by atoms with van der Waals surface area (Å²) in [5.41, 5.74) is 0.262. The number of amides is 1. The van der Waals surface area contributed by atoms with E-state index in [1.165, 1.54) is 12.1 Å². The smallest absolute Gasteiger partial charge is 0.342 e. The van der Waals surface area contributed by atoms with Crippen molar-refractivity contribution in [2.24, 2.45) is 0 Å². The Bertz CT molecular complexity index is 987. The van der Waals surface area contributed by atoms with E-state index in [-0.39, 0.29) is 11.3 Å². The van der Waals surface area contributed by atoms with Crippen molar-refractivity contribution >= 4 is 17.6 Å². The Labute approximate surface area is 160 Å². The third-order valence-corrected chi connectivity index (χ3v) is 3.67. The van der Waals surface area contributed by atoms with Crippen LogP contribution in [0.25, 0.3) is 0 Å². The molecule has 0 spiro atoms. The van der Waals surface area contributed by atoms with Gasteiger partial charge in [0.15, 0.2) is 12.4 Å². The van der Waals surface area contributed by atoms with Crippen molar-refractivity contribution < 1.29 is 29.3 Å². The van der Waals surface area contributed by atoms with Gasteiger partial charge < -0.3 is 25.0 Å². The summed E-state index contributed by atoms with van der Waals surface area (Å²) in [6.45, 7) is -0.557. The van der Waals surface area contributed by atoms with Gasteiger partial charge in [0.05, 0.1) is 5.69 Å². The number of carbonyl (C=O) groups excluding carboxylic acids is 2. The molecule has 0 radical (unpaired) electrons. The van der Waals surface area contributed by atoms with Crippen LogP contribution in [0.1, 0.15) is 10.4 Å². The van der Waals surface area contributed by atoms with Gasteiger partial charge in [-0.1, -0.05) is 30.3 Å². The highest BCUT2D eigenvalue weighted by Crippen LogP contribution is 2.29. The van der Waals surface area contributed by atoms with Gasteiger partial charge in [-0.05, 0) is 36.4 Å². The average molecular weight is 379 g/mol. The topological polar surface area (TPSA) is 105 Å². The number of rotatable bonds is 6. The highest BCUT2D eigenvalue weighted by atomic mass is 16.5. The predicted octanol–water partition coefficient (Wildman–Crippen LogP) is 3.69. The average Bonchev–Trinajstić information content (AvgIpc) is 2.68. The zero-order chi connectivity index (χ0) is 19.9. The van der Waals surface area contributed by atoms with Crippen molar-refractivity contribution in [3.63, 3.8) is 0 Å². The molecular formula is C21H17NO6. The molecule has 0 atom stereocenters. The molecule has 28 heavy (non-hydrogen) atoms. The van der Waals surface area contributed by atoms with Crippen LogP contribution in [0, 0.1) is 0 Å². The summed E-state index contributed by atoms with van der Waals surface area (Å²) in [4.78, 5) is 24.1. The number of esters is 1. The Kier molecular flexibility index (Phi) is 5.76. The normalized spacial score (nSPS) is 10.1. The SMILES string of the molecule is O=C(COC(=O)c1ccc(O)cc1O)Nc1ccccc1Oc1ccccc1. The second-order valence-electron chi connectivity index (χ2n) is 5.74. The molecule has 0 saturated heterocycles. The molecule has 7 nitrogen and oxygen atoms in total. The maximum absolute atomic E-state index is 12.1. The number of carbonyl (C=O) groups is 2. The predicted molar refractivity (Wildman–Crippen MR) is 102 cm³/mol. The van der Waals surface area contributed by atoms with Gasteiger partial charge in [-0.25, -0.2) is 4.79 Å². The van der Waals surface area contributed by atoms with Crippen molar-refractivity contribution in [3.05, 3.63) is 78.4 Å². The van der Waals surface area contributed by atoms with E-state index >= 15 is 0 Å². The van der Waals surface area contributed by atoms with E-state index < -0.39 is 24.2 Å². The van der Waals surface area contributed by atoms with Crippen molar-refractivity contribution in [3.8, 4) is 23.0 Å². The maximum Gasteiger partial charge on any atom is 0.342 e. The quantitative estimate of drug-likeness (QED) is 0.564. The Morgan fingerprint density at radius 1 is 0.893 bits per heavy atom. The molecule has 7 heteroatoms. The van der Waals surface area contributed by atoms with Crippen LogP contribution in [0.15, 0.2) is 72.8 Å². The van der Waals surface area contributed by atoms with E-state index in [1.807, 2.05) is 18.2 Å². The van der Waals surface area contributed by atoms with Gasteiger partial charge in [-0.2, -0.15) is 0 Å². The number of phenols is 2. The van der Waals surface area contributed by atoms with E-state index in [0.717, 1.165) is 6.07 Å². The maximum atomic E-state index is 12.1. The van der Waals surface area contributed by atoms with Crippen LogP contribution in [-0.2, 0) is 9.53 Å². The van der Waals surface area contributed by atoms with Crippen molar-refractivity contribution in [1.82, 2.24) is 0 Å². The highest BCUT2D eigenvalue weighted by Gasteiger charge is 2.16. The molecule has 3 aromatic rings. The third-order valence-electron chi connectivity index (χ3n) is 3.67. The minimum Gasteiger partial charge on any atom is -0.508 e. The number of benzene rings is 3. The summed E-state index contributed by atoms with van der Waals surface area (Å²) in [7, 11) is 0. The molecule has 0 aliphatic carbocycles. The number of aromatic hydroxyl groups is 2. The zero-order valence-electron chi connectivity index (χ0n) is 14.7. The second-order valence-corrected chi connectivity index (χ2v) is 5.74. The summed E-state index contributed by atoms with van der Waals surface area (Å²) < 4.78 is 10.7. The standard InChI is InChI=1S/C21H17NO6/c23-14-10-11-16(18(24)12-14)21(26)27-13-20(25)22-17-8-4-5-9-19(17)28-15-6-2-1-3-7-15/h1-12,23-24H,13H2,(H,22,25). The zero-order valence-corrected chi connectivity index (χ0v) is 14.7. The first-order valence-corrected chi connectivity index (χ1v) is 8.34. The lowest BCUT2D eigenvalue weighted by Crippen LogP contribution is -2.21. The summed E-state index contributed by atoms with van der Waals surface area (Å²) in [5, 5.41) is 21.5. The van der Waals surface area contributed by atoms with Crippen LogP contribution in [-0.4, -0.2) is 28.7 Å². The number of hydrogen-bond donors (Lipinski definition) is 3. The number of para-hydroxylation sites is 3. The molecule has 0 bridgehead atoms. The fraction of sp³-hybridized carbons (Fsp3) is 0.0476. The van der Waals surface area contributed by atoms with Crippen molar-refractivity contribution in [1.29, 1.82) is 0 Å². The highest BCUT2D eigenvalue weighted by molar-refractivity contribution is 5.97. The van der Waals surface area contributed by atoms with Crippen LogP contribution >= 0.6 is 0 Å². The molecule has 0 unspecified atom stereocenters. The fourth-order valence-corrected chi connectivity index (χ4v) is 2.36. The first-order chi connectivity index (χ1) is 13.5. The largest absolute Gasteiger partial charge is 0.508 e. The van der Waals surface area contributed by atoms with Crippen LogP contribution in [0.4, 0.5) is 5.69 Å². The summed E-state index contributed by atoms with van der Waals surface area (Å²) in [5.74, 6) is -1.05. The van der Waals surface area contributed by atoms with E-state index in [9.17, 15) is 19.8 Å². The molecule has 3 rings (SSSR count). The Balaban J connectivity index is 1.61. The van der Waals surface area contributed by atoms with E-state index in [1.54, 1.807) is 36.4 Å². The number of phenolic OH excluding ortho intramolecular Hbond substituents is 2. The monoisotopic (exact) mass is 379 g/mol. The van der Waals surface area contributed by atoms with Gasteiger partial charge in [-0.15, -0.1) is 0 Å². The molecule has 142 valence electrons. The van der Waals surface area contributed by atoms with Crippen LogP contribution in [0.5, 0.6) is 23.0 Å². The Morgan fingerprint density at radius 3 is 2.36 bits per heavy atom. The van der Waals surface area contributed by atoms with Crippen LogP contribution < -0.4 is 10.1 Å². The van der Waals surface area contributed by atoms with E-state index in [2.05, 4.69) is 5.32 Å². The van der Waals surface area contributed by atoms with Gasteiger partial charge in [0.2, 0.25) is 0 Å². The Morgan fingerprint density at radius 2 is 1.61 bits per heavy atom. The van der Waals surface area contributed by atoms with Crippen LogP contribution in [0.2, 0.25) is 0 Å². The number of nitrogens with one attached hydrogen (secondary N) is 1. The molecule has 0 aliphatic heterocycles. The number of hydrogen-bond acceptors (Lipinski definition) is 6. The first kappa shape index (κ1) is 18.8. The summed E-state index contributed by atoms with van der Waals surface area (Å²) in [6.07, 6.45) is 0. The lowest BCUT2D eigenvalue weighted by Gasteiger charge is -2.12. The molecule has 0 heterocycles. The summed E-state index contributed by atoms with van der Waals surface area (Å²) >= 11 is 0. The molecule has 0 fully saturated rings. The van der Waals surface area contributed by atoms with Crippen molar-refractivity contribution in [2.75, 3.05) is 11.9 Å². The fourth-order valence-electron chi connectivity index (χ4n) is 2.36. The van der Waals surface area contributed by atoms with Gasteiger partial charge in [0.1, 0.15) is 22.8 Å². The van der Waals surface area contributed by atoms with E-state index in [0.29, 0.717) is 17.2 Å². The first-order valence-electron chi connectivity index (χ1n) is 8.34. The van der Waals surface area contributed by atoms with Gasteiger partial charge in [-0.3, -0.25) is 4.79 Å². The number of anilines is 1. The minimum absolute atomic E-state index is 0.154. The van der Waals surface area contributed by atoms with Crippen LogP contribution in [0.3, 0.4) is 0 Å². The Hall–Kier alpha value is -4.00. The van der Waals surface area contributed by atoms with Gasteiger partial charge in [0.25, 0.3) is 5.91 Å². The second kappa shape index (κ2) is 8.59. The number of ether oxygens (including phenoxy) is 2. The molecule has 0 aliphatic rings. The van der Waals surface area contributed by atoms with Gasteiger partial charge >= 0.3 is 5.97 Å². The summed E-state index contributed by atoms with van der Waals surface area (Å²) in [6, 6.07) is 19.4. The molecule has 3 aromatic carbocycles. The molecular weight excluding hydrogens is 362 g/mol. The van der Waals surface area contributed by atoms with E-state index in [4.69, 9.17) is 9.47 Å². The third kappa shape index (κ3) is 4.79. The lowest BCUT2D eigenvalue weighted by atomic mass is 10.2. The van der Waals surface area contributed by atoms with Crippen molar-refractivity contribution in [2.45, 2.75) is 0 Å². The van der Waals surface area contributed by atoms with Gasteiger partial charge in [0, 0.05) is 6.07 Å². The lowest BCUT2D eigenvalue weighted by molar-refractivity contribution is -0.119. The molecule has 0 saturated carbocycles. The molecule has 3 N–H and O–H groups in total. The molecule has 1 amide bonds.